The van der Waals surface area contributed by atoms with Crippen LogP contribution in [0.3, 0.4) is 0 Å². The van der Waals surface area contributed by atoms with Crippen molar-refractivity contribution in [3.8, 4) is 11.5 Å². The number of rotatable bonds is 7. The third kappa shape index (κ3) is 4.32. The smallest absolute Gasteiger partial charge is 0.227 e. The van der Waals surface area contributed by atoms with Crippen LogP contribution >= 0.6 is 22.9 Å². The van der Waals surface area contributed by atoms with Gasteiger partial charge in [-0.05, 0) is 17.7 Å². The van der Waals surface area contributed by atoms with E-state index in [0.717, 1.165) is 10.6 Å². The van der Waals surface area contributed by atoms with Crippen molar-refractivity contribution in [2.45, 2.75) is 12.8 Å². The number of nitrogens with one attached hydrogen (secondary N) is 1. The number of benzene rings is 1. The summed E-state index contributed by atoms with van der Waals surface area (Å²) in [5.74, 6) is 1.46. The number of carbonyl (C=O) groups is 1. The second-order valence-electron chi connectivity index (χ2n) is 4.35. The SMILES string of the molecule is COc1ccc(Cc2nnc(NC(=O)CCCl)s2)cc1OC. The summed E-state index contributed by atoms with van der Waals surface area (Å²) >= 11 is 6.85. The molecule has 0 aliphatic heterocycles. The monoisotopic (exact) mass is 341 g/mol. The summed E-state index contributed by atoms with van der Waals surface area (Å²) in [5, 5.41) is 12.0. The van der Waals surface area contributed by atoms with Crippen LogP contribution in [-0.4, -0.2) is 36.2 Å². The minimum absolute atomic E-state index is 0.163. The fourth-order valence-corrected chi connectivity index (χ4v) is 2.77. The molecule has 0 saturated heterocycles. The highest BCUT2D eigenvalue weighted by Gasteiger charge is 2.10. The van der Waals surface area contributed by atoms with Crippen molar-refractivity contribution in [3.05, 3.63) is 28.8 Å². The van der Waals surface area contributed by atoms with Crippen LogP contribution in [0.2, 0.25) is 0 Å². The molecular formula is C14H16ClN3O3S. The number of hydrogen-bond donors (Lipinski definition) is 1. The number of halogens is 1. The van der Waals surface area contributed by atoms with Gasteiger partial charge in [-0.1, -0.05) is 17.4 Å². The Kier molecular flexibility index (Phi) is 5.97. The van der Waals surface area contributed by atoms with Gasteiger partial charge in [-0.25, -0.2) is 0 Å². The average molecular weight is 342 g/mol. The fourth-order valence-electron chi connectivity index (χ4n) is 1.81. The van der Waals surface area contributed by atoms with Crippen molar-refractivity contribution in [1.82, 2.24) is 10.2 Å². The normalized spacial score (nSPS) is 10.3. The molecule has 118 valence electrons. The zero-order chi connectivity index (χ0) is 15.9. The van der Waals surface area contributed by atoms with Crippen LogP contribution in [0.1, 0.15) is 17.0 Å². The fraction of sp³-hybridized carbons (Fsp3) is 0.357. The standard InChI is InChI=1S/C14H16ClN3O3S/c1-20-10-4-3-9(7-11(10)21-2)8-13-17-18-14(22-13)16-12(19)5-6-15/h3-4,7H,5-6,8H2,1-2H3,(H,16,18,19). The van der Waals surface area contributed by atoms with Gasteiger partial charge in [-0.2, -0.15) is 0 Å². The van der Waals surface area contributed by atoms with Gasteiger partial charge in [-0.3, -0.25) is 4.79 Å². The first-order chi connectivity index (χ1) is 10.7. The maximum atomic E-state index is 11.4. The number of carbonyl (C=O) groups excluding carboxylic acids is 1. The molecule has 0 spiro atoms. The van der Waals surface area contributed by atoms with Crippen molar-refractivity contribution >= 4 is 34.0 Å². The molecule has 0 fully saturated rings. The van der Waals surface area contributed by atoms with Crippen LogP contribution in [-0.2, 0) is 11.2 Å². The lowest BCUT2D eigenvalue weighted by Crippen LogP contribution is -2.11. The van der Waals surface area contributed by atoms with E-state index in [1.54, 1.807) is 14.2 Å². The predicted octanol–water partition coefficient (Wildman–Crippen LogP) is 2.71. The molecular weight excluding hydrogens is 326 g/mol. The number of anilines is 1. The summed E-state index contributed by atoms with van der Waals surface area (Å²) in [6.07, 6.45) is 0.857. The maximum Gasteiger partial charge on any atom is 0.227 e. The topological polar surface area (TPSA) is 73.3 Å². The minimum Gasteiger partial charge on any atom is -0.493 e. The number of amides is 1. The van der Waals surface area contributed by atoms with Gasteiger partial charge in [0.05, 0.1) is 14.2 Å². The summed E-state index contributed by atoms with van der Waals surface area (Å²) in [4.78, 5) is 11.4. The van der Waals surface area contributed by atoms with E-state index in [0.29, 0.717) is 23.1 Å². The highest BCUT2D eigenvalue weighted by Crippen LogP contribution is 2.29. The number of ether oxygens (including phenoxy) is 2. The van der Waals surface area contributed by atoms with E-state index in [9.17, 15) is 4.79 Å². The molecule has 0 aliphatic carbocycles. The second kappa shape index (κ2) is 7.95. The van der Waals surface area contributed by atoms with Crippen molar-refractivity contribution in [1.29, 1.82) is 0 Å². The van der Waals surface area contributed by atoms with Crippen molar-refractivity contribution < 1.29 is 14.3 Å². The zero-order valence-corrected chi connectivity index (χ0v) is 13.8. The van der Waals surface area contributed by atoms with Crippen LogP contribution in [0, 0.1) is 0 Å². The lowest BCUT2D eigenvalue weighted by molar-refractivity contribution is -0.115. The minimum atomic E-state index is -0.163. The summed E-state index contributed by atoms with van der Waals surface area (Å²) in [7, 11) is 3.19. The van der Waals surface area contributed by atoms with E-state index < -0.39 is 0 Å². The number of aromatic nitrogens is 2. The first-order valence-electron chi connectivity index (χ1n) is 6.55. The molecule has 1 heterocycles. The van der Waals surface area contributed by atoms with E-state index in [1.165, 1.54) is 11.3 Å². The Morgan fingerprint density at radius 3 is 2.73 bits per heavy atom. The Hall–Kier alpha value is -1.86. The predicted molar refractivity (Wildman–Crippen MR) is 86.2 cm³/mol. The maximum absolute atomic E-state index is 11.4. The van der Waals surface area contributed by atoms with Gasteiger partial charge in [0.1, 0.15) is 5.01 Å². The van der Waals surface area contributed by atoms with Crippen LogP contribution in [0.15, 0.2) is 18.2 Å². The van der Waals surface area contributed by atoms with Gasteiger partial charge in [0.2, 0.25) is 11.0 Å². The third-order valence-electron chi connectivity index (χ3n) is 2.84. The van der Waals surface area contributed by atoms with Crippen molar-refractivity contribution in [3.63, 3.8) is 0 Å². The summed E-state index contributed by atoms with van der Waals surface area (Å²) in [6.45, 7) is 0. The number of methoxy groups -OCH3 is 2. The summed E-state index contributed by atoms with van der Waals surface area (Å²) in [6, 6.07) is 5.68. The van der Waals surface area contributed by atoms with Gasteiger partial charge in [-0.15, -0.1) is 21.8 Å². The number of nitrogens with zero attached hydrogens (tertiary/aromatic N) is 2. The Labute approximate surface area is 137 Å². The van der Waals surface area contributed by atoms with E-state index >= 15 is 0 Å². The van der Waals surface area contributed by atoms with Gasteiger partial charge in [0.15, 0.2) is 11.5 Å². The quantitative estimate of drug-likeness (QED) is 0.784. The molecule has 6 nitrogen and oxygen atoms in total. The molecule has 0 saturated carbocycles. The van der Waals surface area contributed by atoms with E-state index in [4.69, 9.17) is 21.1 Å². The van der Waals surface area contributed by atoms with E-state index in [2.05, 4.69) is 15.5 Å². The first kappa shape index (κ1) is 16.5. The molecule has 2 rings (SSSR count). The molecule has 22 heavy (non-hydrogen) atoms. The number of alkyl halides is 1. The molecule has 0 unspecified atom stereocenters. The van der Waals surface area contributed by atoms with Crippen LogP contribution in [0.4, 0.5) is 5.13 Å². The van der Waals surface area contributed by atoms with Crippen LogP contribution < -0.4 is 14.8 Å². The highest BCUT2D eigenvalue weighted by molar-refractivity contribution is 7.15. The largest absolute Gasteiger partial charge is 0.493 e. The Balaban J connectivity index is 2.05. The average Bonchev–Trinajstić information content (AvgIpc) is 2.94. The van der Waals surface area contributed by atoms with E-state index in [1.807, 2.05) is 18.2 Å². The van der Waals surface area contributed by atoms with Crippen LogP contribution in [0.25, 0.3) is 0 Å². The molecule has 1 aromatic heterocycles. The summed E-state index contributed by atoms with van der Waals surface area (Å²) < 4.78 is 10.5. The first-order valence-corrected chi connectivity index (χ1v) is 7.90. The van der Waals surface area contributed by atoms with Gasteiger partial charge < -0.3 is 14.8 Å². The van der Waals surface area contributed by atoms with Crippen molar-refractivity contribution in [2.24, 2.45) is 0 Å². The van der Waals surface area contributed by atoms with Gasteiger partial charge in [0, 0.05) is 18.7 Å². The molecule has 1 amide bonds. The lowest BCUT2D eigenvalue weighted by Gasteiger charge is -2.08. The molecule has 0 aliphatic rings. The molecule has 0 atom stereocenters. The molecule has 1 N–H and O–H groups in total. The molecule has 1 aromatic carbocycles. The molecule has 0 bridgehead atoms. The zero-order valence-electron chi connectivity index (χ0n) is 12.3. The lowest BCUT2D eigenvalue weighted by atomic mass is 10.1. The van der Waals surface area contributed by atoms with Crippen molar-refractivity contribution in [2.75, 3.05) is 25.4 Å². The Morgan fingerprint density at radius 1 is 1.27 bits per heavy atom. The molecule has 2 aromatic rings. The Bertz CT molecular complexity index is 648. The highest BCUT2D eigenvalue weighted by atomic mass is 35.5. The van der Waals surface area contributed by atoms with Gasteiger partial charge in [0.25, 0.3) is 0 Å². The summed E-state index contributed by atoms with van der Waals surface area (Å²) in [5.41, 5.74) is 1.02. The Morgan fingerprint density at radius 2 is 2.05 bits per heavy atom. The van der Waals surface area contributed by atoms with Crippen LogP contribution in [0.5, 0.6) is 11.5 Å². The second-order valence-corrected chi connectivity index (χ2v) is 5.79. The van der Waals surface area contributed by atoms with E-state index in [-0.39, 0.29) is 18.2 Å². The third-order valence-corrected chi connectivity index (χ3v) is 3.87. The molecule has 8 heteroatoms. The number of hydrogen-bond acceptors (Lipinski definition) is 6. The molecule has 0 radical (unpaired) electrons. The van der Waals surface area contributed by atoms with Gasteiger partial charge >= 0.3 is 0 Å².